The van der Waals surface area contributed by atoms with E-state index >= 15 is 0 Å². The van der Waals surface area contributed by atoms with Crippen molar-refractivity contribution in [3.05, 3.63) is 41.4 Å². The van der Waals surface area contributed by atoms with Gasteiger partial charge < -0.3 is 5.11 Å². The largest absolute Gasteiger partial charge is 0.390 e. The smallest absolute Gasteiger partial charge is 0.243 e. The molecule has 1 fully saturated rings. The van der Waals surface area contributed by atoms with Crippen LogP contribution in [0.2, 0.25) is 0 Å². The molecule has 0 aliphatic carbocycles. The molecular formula is C21H26N4O3S3. The Kier molecular flexibility index (Phi) is 6.92. The first-order chi connectivity index (χ1) is 14.8. The molecule has 4 rings (SSSR count). The first-order valence-electron chi connectivity index (χ1n) is 10.3. The van der Waals surface area contributed by atoms with Crippen LogP contribution in [0.3, 0.4) is 0 Å². The monoisotopic (exact) mass is 478 g/mol. The van der Waals surface area contributed by atoms with Crippen molar-refractivity contribution in [2.75, 3.05) is 19.3 Å². The van der Waals surface area contributed by atoms with Gasteiger partial charge in [-0.2, -0.15) is 4.31 Å². The third kappa shape index (κ3) is 5.25. The van der Waals surface area contributed by atoms with Gasteiger partial charge in [0.25, 0.3) is 0 Å². The quantitative estimate of drug-likeness (QED) is 0.471. The molecule has 1 atom stereocenters. The second kappa shape index (κ2) is 9.50. The Balaban J connectivity index is 1.34. The fourth-order valence-corrected chi connectivity index (χ4v) is 6.40. The van der Waals surface area contributed by atoms with Gasteiger partial charge in [0.2, 0.25) is 10.0 Å². The zero-order chi connectivity index (χ0) is 22.0. The molecule has 1 aromatic carbocycles. The number of hydrogen-bond donors (Lipinski definition) is 1. The number of aromatic nitrogens is 3. The number of thiazole rings is 1. The van der Waals surface area contributed by atoms with Gasteiger partial charge in [-0.15, -0.1) is 23.1 Å². The lowest BCUT2D eigenvalue weighted by Gasteiger charge is -2.34. The Labute approximate surface area is 191 Å². The molecule has 166 valence electrons. The van der Waals surface area contributed by atoms with Crippen molar-refractivity contribution in [2.24, 2.45) is 5.92 Å². The summed E-state index contributed by atoms with van der Waals surface area (Å²) < 4.78 is 27.5. The average molecular weight is 479 g/mol. The summed E-state index contributed by atoms with van der Waals surface area (Å²) in [7, 11) is -3.54. The van der Waals surface area contributed by atoms with Crippen molar-refractivity contribution in [1.82, 2.24) is 19.3 Å². The highest BCUT2D eigenvalue weighted by Gasteiger charge is 2.35. The summed E-state index contributed by atoms with van der Waals surface area (Å²) in [5.41, 5.74) is 0.831. The van der Waals surface area contributed by atoms with Gasteiger partial charge >= 0.3 is 0 Å². The van der Waals surface area contributed by atoms with E-state index in [0.29, 0.717) is 5.92 Å². The molecule has 0 amide bonds. The highest BCUT2D eigenvalue weighted by Crippen LogP contribution is 2.29. The number of aliphatic hydroxyl groups excluding tert-OH is 1. The predicted octanol–water partition coefficient (Wildman–Crippen LogP) is 3.37. The molecule has 0 bridgehead atoms. The van der Waals surface area contributed by atoms with Gasteiger partial charge in [-0.25, -0.2) is 23.4 Å². The van der Waals surface area contributed by atoms with Crippen molar-refractivity contribution in [3.63, 3.8) is 0 Å². The van der Waals surface area contributed by atoms with Gasteiger partial charge in [0, 0.05) is 36.8 Å². The van der Waals surface area contributed by atoms with Gasteiger partial charge in [-0.1, -0.05) is 6.92 Å². The van der Waals surface area contributed by atoms with Crippen LogP contribution in [0.1, 0.15) is 30.6 Å². The number of benzene rings is 1. The SMILES string of the molecule is CSc1cnc(CCC(C)CCc2nc3ccc(S(=O)(=O)N4CC(O)C4)cc3s2)nc1. The summed E-state index contributed by atoms with van der Waals surface area (Å²) in [6, 6.07) is 5.09. The molecule has 1 aliphatic rings. The Morgan fingerprint density at radius 3 is 2.61 bits per heavy atom. The zero-order valence-electron chi connectivity index (χ0n) is 17.6. The molecule has 7 nitrogen and oxygen atoms in total. The van der Waals surface area contributed by atoms with Crippen LogP contribution in [0.4, 0.5) is 0 Å². The number of aliphatic hydroxyl groups is 1. The van der Waals surface area contributed by atoms with Crippen LogP contribution in [0.5, 0.6) is 0 Å². The maximum atomic E-state index is 12.6. The Hall–Kier alpha value is -1.59. The summed E-state index contributed by atoms with van der Waals surface area (Å²) in [6.45, 7) is 2.56. The minimum absolute atomic E-state index is 0.166. The van der Waals surface area contributed by atoms with E-state index < -0.39 is 16.1 Å². The lowest BCUT2D eigenvalue weighted by molar-refractivity contribution is 0.0548. The van der Waals surface area contributed by atoms with E-state index in [-0.39, 0.29) is 18.0 Å². The van der Waals surface area contributed by atoms with Gasteiger partial charge in [0.15, 0.2) is 0 Å². The maximum absolute atomic E-state index is 12.6. The van der Waals surface area contributed by atoms with Crippen LogP contribution in [0.15, 0.2) is 40.4 Å². The number of sulfonamides is 1. The summed E-state index contributed by atoms with van der Waals surface area (Å²) >= 11 is 3.20. The number of rotatable bonds is 9. The summed E-state index contributed by atoms with van der Waals surface area (Å²) in [6.07, 6.45) is 8.97. The Bertz CT molecular complexity index is 1140. The molecule has 1 saturated heterocycles. The minimum Gasteiger partial charge on any atom is -0.390 e. The van der Waals surface area contributed by atoms with E-state index in [0.717, 1.165) is 51.6 Å². The second-order valence-electron chi connectivity index (χ2n) is 7.93. The van der Waals surface area contributed by atoms with E-state index in [1.54, 1.807) is 41.3 Å². The van der Waals surface area contributed by atoms with Gasteiger partial charge in [-0.05, 0) is 49.6 Å². The van der Waals surface area contributed by atoms with Crippen molar-refractivity contribution in [1.29, 1.82) is 0 Å². The van der Waals surface area contributed by atoms with Crippen molar-refractivity contribution in [2.45, 2.75) is 48.5 Å². The lowest BCUT2D eigenvalue weighted by Crippen LogP contribution is -2.53. The van der Waals surface area contributed by atoms with Crippen LogP contribution in [-0.2, 0) is 22.9 Å². The fourth-order valence-electron chi connectivity index (χ4n) is 3.45. The van der Waals surface area contributed by atoms with Crippen LogP contribution >= 0.6 is 23.1 Å². The number of nitrogens with zero attached hydrogens (tertiary/aromatic N) is 4. The van der Waals surface area contributed by atoms with Crippen LogP contribution < -0.4 is 0 Å². The highest BCUT2D eigenvalue weighted by molar-refractivity contribution is 7.98. The molecular weight excluding hydrogens is 452 g/mol. The number of hydrogen-bond acceptors (Lipinski definition) is 8. The van der Waals surface area contributed by atoms with Gasteiger partial charge in [-0.3, -0.25) is 0 Å². The van der Waals surface area contributed by atoms with Crippen LogP contribution in [0, 0.1) is 5.92 Å². The number of fused-ring (bicyclic) bond motifs is 1. The van der Waals surface area contributed by atoms with E-state index in [1.165, 1.54) is 4.31 Å². The van der Waals surface area contributed by atoms with Gasteiger partial charge in [0.05, 0.1) is 26.2 Å². The molecule has 3 aromatic rings. The molecule has 0 radical (unpaired) electrons. The molecule has 0 spiro atoms. The van der Waals surface area contributed by atoms with E-state index in [4.69, 9.17) is 0 Å². The second-order valence-corrected chi connectivity index (χ2v) is 11.9. The number of β-amino-alcohol motifs (C(OH)–C–C–N with tert-alkyl or cyclic N) is 1. The fraction of sp³-hybridized carbons (Fsp3) is 0.476. The maximum Gasteiger partial charge on any atom is 0.243 e. The molecule has 2 aromatic heterocycles. The summed E-state index contributed by atoms with van der Waals surface area (Å²) in [4.78, 5) is 14.9. The average Bonchev–Trinajstić information content (AvgIpc) is 3.16. The first kappa shape index (κ1) is 22.6. The van der Waals surface area contributed by atoms with E-state index in [2.05, 4.69) is 21.9 Å². The van der Waals surface area contributed by atoms with Crippen LogP contribution in [-0.4, -0.2) is 58.2 Å². The Morgan fingerprint density at radius 1 is 1.23 bits per heavy atom. The normalized spacial score (nSPS) is 16.5. The molecule has 1 N–H and O–H groups in total. The Morgan fingerprint density at radius 2 is 1.94 bits per heavy atom. The van der Waals surface area contributed by atoms with Crippen molar-refractivity contribution in [3.8, 4) is 0 Å². The molecule has 0 saturated carbocycles. The van der Waals surface area contributed by atoms with Crippen molar-refractivity contribution >= 4 is 43.3 Å². The third-order valence-electron chi connectivity index (χ3n) is 5.50. The highest BCUT2D eigenvalue weighted by atomic mass is 32.2. The third-order valence-corrected chi connectivity index (χ3v) is 9.09. The molecule has 1 aliphatic heterocycles. The molecule has 10 heteroatoms. The topological polar surface area (TPSA) is 96.3 Å². The zero-order valence-corrected chi connectivity index (χ0v) is 20.0. The standard InChI is InChI=1S/C21H26N4O3S3/c1-14(3-7-20-22-10-16(29-2)11-23-20)4-8-21-24-18-6-5-17(9-19(18)30-21)31(27,28)25-12-15(26)13-25/h5-6,9-11,14-15,26H,3-4,7-8,12-13H2,1-2H3. The minimum atomic E-state index is -3.54. The molecule has 3 heterocycles. The van der Waals surface area contributed by atoms with Gasteiger partial charge in [0.1, 0.15) is 5.82 Å². The predicted molar refractivity (Wildman–Crippen MR) is 124 cm³/mol. The lowest BCUT2D eigenvalue weighted by atomic mass is 10.00. The number of thioether (sulfide) groups is 1. The van der Waals surface area contributed by atoms with Crippen molar-refractivity contribution < 1.29 is 13.5 Å². The summed E-state index contributed by atoms with van der Waals surface area (Å²) in [5.74, 6) is 1.40. The van der Waals surface area contributed by atoms with E-state index in [1.807, 2.05) is 18.6 Å². The first-order valence-corrected chi connectivity index (χ1v) is 13.8. The number of aryl methyl sites for hydroxylation is 2. The molecule has 1 unspecified atom stereocenters. The molecule has 31 heavy (non-hydrogen) atoms. The van der Waals surface area contributed by atoms with E-state index in [9.17, 15) is 13.5 Å². The van der Waals surface area contributed by atoms with Crippen LogP contribution in [0.25, 0.3) is 10.2 Å². The summed E-state index contributed by atoms with van der Waals surface area (Å²) in [5, 5.41) is 10.4.